The van der Waals surface area contributed by atoms with Gasteiger partial charge in [-0.15, -0.1) is 0 Å². The van der Waals surface area contributed by atoms with Crippen molar-refractivity contribution in [2.75, 3.05) is 51.7 Å². The van der Waals surface area contributed by atoms with E-state index in [1.54, 1.807) is 6.20 Å². The van der Waals surface area contributed by atoms with E-state index in [-0.39, 0.29) is 5.91 Å². The molecular formula is C23H32N4O. The SMILES string of the molecule is CN(C)CCN(CCCc1ccccc1)C(=O)c1ccc(N2CCCC2)nc1. The number of likely N-dealkylation sites (N-methyl/N-ethyl adjacent to an activating group) is 1. The van der Waals surface area contributed by atoms with Gasteiger partial charge in [0.05, 0.1) is 5.56 Å². The van der Waals surface area contributed by atoms with Crippen LogP contribution in [-0.2, 0) is 6.42 Å². The van der Waals surface area contributed by atoms with Crippen molar-refractivity contribution in [2.45, 2.75) is 25.7 Å². The summed E-state index contributed by atoms with van der Waals surface area (Å²) in [4.78, 5) is 24.0. The Kier molecular flexibility index (Phi) is 7.43. The highest BCUT2D eigenvalue weighted by molar-refractivity contribution is 5.94. The van der Waals surface area contributed by atoms with Gasteiger partial charge in [-0.1, -0.05) is 30.3 Å². The number of anilines is 1. The maximum absolute atomic E-state index is 13.1. The molecule has 5 nitrogen and oxygen atoms in total. The minimum atomic E-state index is 0.0791. The summed E-state index contributed by atoms with van der Waals surface area (Å²) >= 11 is 0. The van der Waals surface area contributed by atoms with E-state index in [4.69, 9.17) is 0 Å². The van der Waals surface area contributed by atoms with E-state index in [2.05, 4.69) is 39.0 Å². The van der Waals surface area contributed by atoms with Gasteiger partial charge in [-0.2, -0.15) is 0 Å². The number of carbonyl (C=O) groups excluding carboxylic acids is 1. The molecule has 1 fully saturated rings. The van der Waals surface area contributed by atoms with E-state index in [0.29, 0.717) is 5.56 Å². The van der Waals surface area contributed by atoms with E-state index < -0.39 is 0 Å². The third-order valence-corrected chi connectivity index (χ3v) is 5.27. The van der Waals surface area contributed by atoms with Gasteiger partial charge in [0.2, 0.25) is 0 Å². The molecule has 1 aromatic carbocycles. The fraction of sp³-hybridized carbons (Fsp3) is 0.478. The molecule has 5 heteroatoms. The van der Waals surface area contributed by atoms with Crippen molar-refractivity contribution in [2.24, 2.45) is 0 Å². The van der Waals surface area contributed by atoms with Crippen LogP contribution in [0.2, 0.25) is 0 Å². The summed E-state index contributed by atoms with van der Waals surface area (Å²) in [5.74, 6) is 1.06. The summed E-state index contributed by atoms with van der Waals surface area (Å²) in [5, 5.41) is 0. The summed E-state index contributed by atoms with van der Waals surface area (Å²) in [5.41, 5.74) is 2.00. The molecule has 3 rings (SSSR count). The quantitative estimate of drug-likeness (QED) is 0.669. The molecule has 0 spiro atoms. The summed E-state index contributed by atoms with van der Waals surface area (Å²) < 4.78 is 0. The normalized spacial score (nSPS) is 13.9. The first-order valence-corrected chi connectivity index (χ1v) is 10.3. The molecule has 2 heterocycles. The number of rotatable bonds is 9. The standard InChI is InChI=1S/C23H32N4O/c1-25(2)17-18-27(16-8-11-20-9-4-3-5-10-20)23(28)21-12-13-22(24-19-21)26-14-6-7-15-26/h3-5,9-10,12-13,19H,6-8,11,14-18H2,1-2H3. The Labute approximate surface area is 169 Å². The Balaban J connectivity index is 1.61. The van der Waals surface area contributed by atoms with Gasteiger partial charge in [-0.05, 0) is 57.5 Å². The molecule has 0 bridgehead atoms. The molecule has 1 aliphatic heterocycles. The van der Waals surface area contributed by atoms with Gasteiger partial charge in [0.1, 0.15) is 5.82 Å². The predicted octanol–water partition coefficient (Wildman–Crippen LogP) is 3.32. The van der Waals surface area contributed by atoms with Crippen LogP contribution < -0.4 is 4.90 Å². The number of aromatic nitrogens is 1. The lowest BCUT2D eigenvalue weighted by Gasteiger charge is -2.25. The van der Waals surface area contributed by atoms with Gasteiger partial charge in [-0.25, -0.2) is 4.98 Å². The van der Waals surface area contributed by atoms with Gasteiger partial charge >= 0.3 is 0 Å². The van der Waals surface area contributed by atoms with Crippen molar-refractivity contribution < 1.29 is 4.79 Å². The third kappa shape index (κ3) is 5.80. The van der Waals surface area contributed by atoms with Gasteiger partial charge in [0.15, 0.2) is 0 Å². The number of hydrogen-bond donors (Lipinski definition) is 0. The van der Waals surface area contributed by atoms with Gasteiger partial charge in [0.25, 0.3) is 5.91 Å². The number of hydrogen-bond acceptors (Lipinski definition) is 4. The number of nitrogens with zero attached hydrogens (tertiary/aromatic N) is 4. The zero-order valence-corrected chi connectivity index (χ0v) is 17.2. The topological polar surface area (TPSA) is 39.7 Å². The number of carbonyl (C=O) groups is 1. The third-order valence-electron chi connectivity index (χ3n) is 5.27. The fourth-order valence-corrected chi connectivity index (χ4v) is 3.58. The molecule has 0 N–H and O–H groups in total. The largest absolute Gasteiger partial charge is 0.357 e. The summed E-state index contributed by atoms with van der Waals surface area (Å²) in [6, 6.07) is 14.4. The van der Waals surface area contributed by atoms with Crippen LogP contribution in [0.4, 0.5) is 5.82 Å². The minimum absolute atomic E-state index is 0.0791. The van der Waals surface area contributed by atoms with Crippen molar-refractivity contribution in [3.63, 3.8) is 0 Å². The van der Waals surface area contributed by atoms with Crippen LogP contribution in [-0.4, -0.2) is 67.5 Å². The molecule has 0 atom stereocenters. The lowest BCUT2D eigenvalue weighted by atomic mass is 10.1. The van der Waals surface area contributed by atoms with Crippen molar-refractivity contribution in [3.8, 4) is 0 Å². The second kappa shape index (κ2) is 10.2. The Morgan fingerprint density at radius 3 is 2.39 bits per heavy atom. The Morgan fingerprint density at radius 1 is 1.00 bits per heavy atom. The molecule has 1 aromatic heterocycles. The first kappa shape index (κ1) is 20.3. The highest BCUT2D eigenvalue weighted by Gasteiger charge is 2.18. The zero-order chi connectivity index (χ0) is 19.8. The molecule has 1 amide bonds. The van der Waals surface area contributed by atoms with Crippen LogP contribution in [0.25, 0.3) is 0 Å². The second-order valence-corrected chi connectivity index (χ2v) is 7.78. The van der Waals surface area contributed by atoms with Crippen molar-refractivity contribution in [1.29, 1.82) is 0 Å². The van der Waals surface area contributed by atoms with Crippen LogP contribution >= 0.6 is 0 Å². The van der Waals surface area contributed by atoms with E-state index in [1.165, 1.54) is 18.4 Å². The molecule has 0 saturated carbocycles. The average Bonchev–Trinajstić information content (AvgIpc) is 3.26. The lowest BCUT2D eigenvalue weighted by molar-refractivity contribution is 0.0742. The van der Waals surface area contributed by atoms with E-state index in [9.17, 15) is 4.79 Å². The minimum Gasteiger partial charge on any atom is -0.357 e. The molecule has 28 heavy (non-hydrogen) atoms. The summed E-state index contributed by atoms with van der Waals surface area (Å²) in [6.45, 7) is 4.48. The van der Waals surface area contributed by atoms with Crippen molar-refractivity contribution in [1.82, 2.24) is 14.8 Å². The first-order chi connectivity index (χ1) is 13.6. The summed E-state index contributed by atoms with van der Waals surface area (Å²) in [6.07, 6.45) is 6.14. The number of benzene rings is 1. The van der Waals surface area contributed by atoms with Gasteiger partial charge < -0.3 is 14.7 Å². The lowest BCUT2D eigenvalue weighted by Crippen LogP contribution is -2.37. The fourth-order valence-electron chi connectivity index (χ4n) is 3.58. The second-order valence-electron chi connectivity index (χ2n) is 7.78. The molecule has 1 saturated heterocycles. The van der Waals surface area contributed by atoms with Crippen LogP contribution in [0.3, 0.4) is 0 Å². The molecule has 0 radical (unpaired) electrons. The van der Waals surface area contributed by atoms with Crippen LogP contribution in [0.15, 0.2) is 48.7 Å². The number of aryl methyl sites for hydroxylation is 1. The maximum atomic E-state index is 13.1. The van der Waals surface area contributed by atoms with Crippen molar-refractivity contribution >= 4 is 11.7 Å². The maximum Gasteiger partial charge on any atom is 0.255 e. The number of amides is 1. The van der Waals surface area contributed by atoms with Gasteiger partial charge in [-0.3, -0.25) is 4.79 Å². The zero-order valence-electron chi connectivity index (χ0n) is 17.2. The molecule has 2 aromatic rings. The highest BCUT2D eigenvalue weighted by atomic mass is 16.2. The predicted molar refractivity (Wildman–Crippen MR) is 115 cm³/mol. The van der Waals surface area contributed by atoms with Crippen LogP contribution in [0.5, 0.6) is 0 Å². The molecular weight excluding hydrogens is 348 g/mol. The van der Waals surface area contributed by atoms with E-state index >= 15 is 0 Å². The Hall–Kier alpha value is -2.40. The number of pyridine rings is 1. The average molecular weight is 381 g/mol. The van der Waals surface area contributed by atoms with Gasteiger partial charge in [0, 0.05) is 38.9 Å². The van der Waals surface area contributed by atoms with E-state index in [0.717, 1.165) is 51.4 Å². The summed E-state index contributed by atoms with van der Waals surface area (Å²) in [7, 11) is 4.08. The van der Waals surface area contributed by atoms with E-state index in [1.807, 2.05) is 37.2 Å². The smallest absolute Gasteiger partial charge is 0.255 e. The Morgan fingerprint density at radius 2 is 1.75 bits per heavy atom. The Bertz CT molecular complexity index is 724. The molecule has 150 valence electrons. The highest BCUT2D eigenvalue weighted by Crippen LogP contribution is 2.18. The molecule has 1 aliphatic rings. The van der Waals surface area contributed by atoms with Crippen molar-refractivity contribution in [3.05, 3.63) is 59.8 Å². The molecule has 0 aliphatic carbocycles. The van der Waals surface area contributed by atoms with Crippen LogP contribution in [0, 0.1) is 0 Å². The monoisotopic (exact) mass is 380 g/mol. The van der Waals surface area contributed by atoms with Crippen LogP contribution in [0.1, 0.15) is 35.2 Å². The molecule has 0 unspecified atom stereocenters. The first-order valence-electron chi connectivity index (χ1n) is 10.3.